The number of rotatable bonds is 3. The highest BCUT2D eigenvalue weighted by Crippen LogP contribution is 2.38. The monoisotopic (exact) mass is 306 g/mol. The van der Waals surface area contributed by atoms with Crippen molar-refractivity contribution >= 4 is 11.4 Å². The molecule has 0 bridgehead atoms. The highest BCUT2D eigenvalue weighted by atomic mass is 15.3. The zero-order chi connectivity index (χ0) is 15.5. The summed E-state index contributed by atoms with van der Waals surface area (Å²) in [6, 6.07) is 18.9. The van der Waals surface area contributed by atoms with Gasteiger partial charge < -0.3 is 10.2 Å². The second-order valence-electron chi connectivity index (χ2n) is 6.45. The quantitative estimate of drug-likeness (QED) is 0.921. The lowest BCUT2D eigenvalue weighted by Crippen LogP contribution is -2.48. The molecule has 0 unspecified atom stereocenters. The molecule has 2 aliphatic rings. The molecule has 4 rings (SSSR count). The van der Waals surface area contributed by atoms with Crippen LogP contribution in [0.2, 0.25) is 0 Å². The highest BCUT2D eigenvalue weighted by Gasteiger charge is 2.36. The summed E-state index contributed by atoms with van der Waals surface area (Å²) in [6.07, 6.45) is 3.14. The lowest BCUT2D eigenvalue weighted by atomic mass is 9.96. The van der Waals surface area contributed by atoms with Gasteiger partial charge in [-0.25, -0.2) is 0 Å². The van der Waals surface area contributed by atoms with Crippen molar-refractivity contribution in [3.05, 3.63) is 60.2 Å². The predicted molar refractivity (Wildman–Crippen MR) is 93.1 cm³/mol. The average molecular weight is 306 g/mol. The van der Waals surface area contributed by atoms with E-state index in [-0.39, 0.29) is 5.66 Å². The maximum absolute atomic E-state index is 4.60. The van der Waals surface area contributed by atoms with Gasteiger partial charge in [0, 0.05) is 32.5 Å². The van der Waals surface area contributed by atoms with Gasteiger partial charge in [-0.3, -0.25) is 0 Å². The van der Waals surface area contributed by atoms with E-state index in [0.717, 1.165) is 50.3 Å². The first-order valence-electron chi connectivity index (χ1n) is 8.39. The predicted octanol–water partition coefficient (Wildman–Crippen LogP) is 4.23. The molecule has 2 aromatic carbocycles. The second-order valence-corrected chi connectivity index (χ2v) is 6.45. The van der Waals surface area contributed by atoms with E-state index in [2.05, 4.69) is 62.9 Å². The van der Waals surface area contributed by atoms with Gasteiger partial charge in [0.25, 0.3) is 0 Å². The van der Waals surface area contributed by atoms with Crippen LogP contribution in [0.15, 0.2) is 64.8 Å². The molecular formula is C19H22N4. The van der Waals surface area contributed by atoms with Crippen molar-refractivity contribution in [1.29, 1.82) is 0 Å². The Morgan fingerprint density at radius 2 is 1.70 bits per heavy atom. The summed E-state index contributed by atoms with van der Waals surface area (Å²) in [5, 5.41) is 12.7. The fourth-order valence-electron chi connectivity index (χ4n) is 3.40. The zero-order valence-electron chi connectivity index (χ0n) is 13.3. The molecule has 0 amide bonds. The molecule has 0 aliphatic carbocycles. The summed E-state index contributed by atoms with van der Waals surface area (Å²) in [4.78, 5) is 2.54. The van der Waals surface area contributed by atoms with Crippen molar-refractivity contribution in [2.24, 2.45) is 10.2 Å². The number of hydrogen-bond acceptors (Lipinski definition) is 4. The molecular weight excluding hydrogens is 284 g/mol. The normalized spacial score (nSPS) is 19.3. The molecule has 0 atom stereocenters. The van der Waals surface area contributed by atoms with Gasteiger partial charge in [0.2, 0.25) is 0 Å². The number of anilines is 1. The Morgan fingerprint density at radius 1 is 0.957 bits per heavy atom. The summed E-state index contributed by atoms with van der Waals surface area (Å²) in [5.74, 6) is 0. The zero-order valence-corrected chi connectivity index (χ0v) is 13.3. The van der Waals surface area contributed by atoms with Crippen LogP contribution in [-0.2, 0) is 6.42 Å². The van der Waals surface area contributed by atoms with Gasteiger partial charge in [0.1, 0.15) is 5.69 Å². The number of fused-ring (bicyclic) bond motifs is 1. The molecule has 118 valence electrons. The number of hydrogen-bond donors (Lipinski definition) is 1. The summed E-state index contributed by atoms with van der Waals surface area (Å²) >= 11 is 0. The molecule has 0 aromatic heterocycles. The van der Waals surface area contributed by atoms with Crippen LogP contribution >= 0.6 is 0 Å². The van der Waals surface area contributed by atoms with Crippen molar-refractivity contribution in [3.8, 4) is 0 Å². The summed E-state index contributed by atoms with van der Waals surface area (Å²) in [6.45, 7) is 3.26. The van der Waals surface area contributed by atoms with Crippen LogP contribution in [0, 0.1) is 0 Å². The molecule has 1 N–H and O–H groups in total. The van der Waals surface area contributed by atoms with Crippen molar-refractivity contribution in [3.63, 3.8) is 0 Å². The number of nitrogens with one attached hydrogen (secondary N) is 1. The molecule has 4 heteroatoms. The van der Waals surface area contributed by atoms with Crippen molar-refractivity contribution in [1.82, 2.24) is 4.90 Å². The Morgan fingerprint density at radius 3 is 2.52 bits per heavy atom. The molecule has 23 heavy (non-hydrogen) atoms. The van der Waals surface area contributed by atoms with E-state index in [1.54, 1.807) is 0 Å². The minimum atomic E-state index is -0.197. The largest absolute Gasteiger partial charge is 0.358 e. The third-order valence-electron chi connectivity index (χ3n) is 4.86. The van der Waals surface area contributed by atoms with E-state index in [0.29, 0.717) is 0 Å². The third kappa shape index (κ3) is 3.13. The lowest BCUT2D eigenvalue weighted by Gasteiger charge is -2.41. The van der Waals surface area contributed by atoms with Crippen molar-refractivity contribution in [2.45, 2.75) is 24.9 Å². The van der Waals surface area contributed by atoms with Crippen molar-refractivity contribution in [2.75, 3.05) is 25.0 Å². The smallest absolute Gasteiger partial charge is 0.153 e. The van der Waals surface area contributed by atoms with E-state index >= 15 is 0 Å². The minimum Gasteiger partial charge on any atom is -0.358 e. The standard InChI is InChI=1S/C19H22N4/c1-2-6-16(7-3-1)10-13-23-14-11-19(12-15-23)20-17-8-4-5-9-18(17)21-22-19/h1-9,20H,10-15H2. The maximum atomic E-state index is 4.60. The Balaban J connectivity index is 1.35. The van der Waals surface area contributed by atoms with E-state index < -0.39 is 0 Å². The van der Waals surface area contributed by atoms with Gasteiger partial charge in [-0.2, -0.15) is 10.2 Å². The SMILES string of the molecule is c1ccc(CCN2CCC3(CC2)N=Nc2ccccc2N3)cc1. The van der Waals surface area contributed by atoms with Crippen LogP contribution in [0.25, 0.3) is 0 Å². The lowest BCUT2D eigenvalue weighted by molar-refractivity contribution is 0.174. The maximum Gasteiger partial charge on any atom is 0.153 e. The Kier molecular flexibility index (Phi) is 3.83. The van der Waals surface area contributed by atoms with Crippen LogP contribution in [0.4, 0.5) is 11.4 Å². The number of azo groups is 1. The van der Waals surface area contributed by atoms with Crippen molar-refractivity contribution < 1.29 is 0 Å². The Labute approximate surface area is 137 Å². The van der Waals surface area contributed by atoms with Gasteiger partial charge in [0.05, 0.1) is 5.69 Å². The molecule has 2 aromatic rings. The molecule has 1 saturated heterocycles. The van der Waals surface area contributed by atoms with E-state index in [1.807, 2.05) is 12.1 Å². The topological polar surface area (TPSA) is 40.0 Å². The molecule has 1 fully saturated rings. The van der Waals surface area contributed by atoms with E-state index in [4.69, 9.17) is 0 Å². The van der Waals surface area contributed by atoms with Gasteiger partial charge in [-0.05, 0) is 24.1 Å². The van der Waals surface area contributed by atoms with Crippen LogP contribution in [0.3, 0.4) is 0 Å². The fourth-order valence-corrected chi connectivity index (χ4v) is 3.40. The number of piperidine rings is 1. The number of nitrogens with zero attached hydrogens (tertiary/aromatic N) is 3. The third-order valence-corrected chi connectivity index (χ3v) is 4.86. The summed E-state index contributed by atoms with van der Waals surface area (Å²) in [5.41, 5.74) is 3.28. The summed E-state index contributed by atoms with van der Waals surface area (Å²) < 4.78 is 0. The van der Waals surface area contributed by atoms with Crippen LogP contribution < -0.4 is 5.32 Å². The van der Waals surface area contributed by atoms with Gasteiger partial charge in [0.15, 0.2) is 5.66 Å². The van der Waals surface area contributed by atoms with E-state index in [1.165, 1.54) is 5.56 Å². The Hall–Kier alpha value is -2.20. The number of likely N-dealkylation sites (tertiary alicyclic amines) is 1. The molecule has 0 saturated carbocycles. The first-order chi connectivity index (χ1) is 11.3. The minimum absolute atomic E-state index is 0.197. The first-order valence-corrected chi connectivity index (χ1v) is 8.39. The van der Waals surface area contributed by atoms with Crippen LogP contribution in [-0.4, -0.2) is 30.2 Å². The highest BCUT2D eigenvalue weighted by molar-refractivity contribution is 5.67. The average Bonchev–Trinajstić information content (AvgIpc) is 2.62. The second kappa shape index (κ2) is 6.13. The molecule has 0 radical (unpaired) electrons. The molecule has 2 heterocycles. The number of benzene rings is 2. The van der Waals surface area contributed by atoms with Gasteiger partial charge >= 0.3 is 0 Å². The molecule has 1 spiro atoms. The van der Waals surface area contributed by atoms with Gasteiger partial charge in [-0.15, -0.1) is 0 Å². The van der Waals surface area contributed by atoms with Crippen LogP contribution in [0.1, 0.15) is 18.4 Å². The molecule has 2 aliphatic heterocycles. The van der Waals surface area contributed by atoms with Crippen LogP contribution in [0.5, 0.6) is 0 Å². The summed E-state index contributed by atoms with van der Waals surface area (Å²) in [7, 11) is 0. The first kappa shape index (κ1) is 14.4. The van der Waals surface area contributed by atoms with Gasteiger partial charge in [-0.1, -0.05) is 42.5 Å². The molecule has 4 nitrogen and oxygen atoms in total. The Bertz CT molecular complexity index is 688. The fraction of sp³-hybridized carbons (Fsp3) is 0.368. The van der Waals surface area contributed by atoms with E-state index in [9.17, 15) is 0 Å². The number of para-hydroxylation sites is 1.